The number of hydrogen-bond donors (Lipinski definition) is 7. The molecule has 2 heterocycles. The van der Waals surface area contributed by atoms with Gasteiger partial charge in [0.2, 0.25) is 0 Å². The third-order valence-corrected chi connectivity index (χ3v) is 10.2. The predicted octanol–water partition coefficient (Wildman–Crippen LogP) is 3.48. The minimum atomic E-state index is -1.76. The van der Waals surface area contributed by atoms with Crippen LogP contribution in [0.2, 0.25) is 0 Å². The molecule has 0 bridgehead atoms. The fourth-order valence-corrected chi connectivity index (χ4v) is 6.66. The summed E-state index contributed by atoms with van der Waals surface area (Å²) < 4.78 is 32.9. The number of aliphatic hydroxyl groups excluding tert-OH is 7. The average Bonchev–Trinajstić information content (AvgIpc) is 3.18. The number of esters is 2. The number of ether oxygens (including phenoxy) is 6. The van der Waals surface area contributed by atoms with Crippen LogP contribution in [0.15, 0.2) is 12.2 Å². The van der Waals surface area contributed by atoms with Crippen molar-refractivity contribution in [2.24, 2.45) is 0 Å². The largest absolute Gasteiger partial charge is 0.462 e. The summed E-state index contributed by atoms with van der Waals surface area (Å²) in [7, 11) is 0. The van der Waals surface area contributed by atoms with Crippen LogP contribution in [-0.2, 0) is 38.0 Å². The first kappa shape index (κ1) is 50.4. The van der Waals surface area contributed by atoms with Gasteiger partial charge in [-0.3, -0.25) is 9.59 Å². The summed E-state index contributed by atoms with van der Waals surface area (Å²) in [5.41, 5.74) is 0. The van der Waals surface area contributed by atoms with Crippen molar-refractivity contribution in [2.45, 2.75) is 210 Å². The van der Waals surface area contributed by atoms with Crippen LogP contribution < -0.4 is 0 Å². The van der Waals surface area contributed by atoms with E-state index >= 15 is 0 Å². The Balaban J connectivity index is 1.70. The maximum Gasteiger partial charge on any atom is 0.306 e. The van der Waals surface area contributed by atoms with Gasteiger partial charge in [-0.15, -0.1) is 0 Å². The van der Waals surface area contributed by atoms with Gasteiger partial charge in [0.1, 0.15) is 55.4 Å². The zero-order valence-electron chi connectivity index (χ0n) is 33.9. The van der Waals surface area contributed by atoms with Gasteiger partial charge >= 0.3 is 11.9 Å². The second-order valence-electron chi connectivity index (χ2n) is 15.2. The Kier molecular flexibility index (Phi) is 27.3. The molecular formula is C41H74O15. The summed E-state index contributed by atoms with van der Waals surface area (Å²) in [6.45, 7) is 2.17. The fourth-order valence-electron chi connectivity index (χ4n) is 6.66. The van der Waals surface area contributed by atoms with Gasteiger partial charge in [0.05, 0.1) is 19.8 Å². The highest BCUT2D eigenvalue weighted by Gasteiger charge is 2.47. The smallest absolute Gasteiger partial charge is 0.306 e. The third-order valence-electron chi connectivity index (χ3n) is 10.2. The van der Waals surface area contributed by atoms with Crippen molar-refractivity contribution < 1.29 is 73.8 Å². The standard InChI is InChI=1S/C41H74O15/c1-3-5-6-7-8-9-10-11-12-13-14-15-16-17-18-19-20-21-22-24-33(44)54-29(26-51-32(43)23-4-2)27-52-40-39(50)37(48)35(46)31(56-40)28-53-41-38(49)36(47)34(45)30(25-42)55-41/h11-12,29-31,34-42,45-50H,3-10,13-28H2,1-2H3/b12-11-. The highest BCUT2D eigenvalue weighted by molar-refractivity contribution is 5.70. The Morgan fingerprint density at radius 1 is 0.554 bits per heavy atom. The van der Waals surface area contributed by atoms with E-state index in [9.17, 15) is 45.3 Å². The van der Waals surface area contributed by atoms with Crippen molar-refractivity contribution in [1.29, 1.82) is 0 Å². The minimum Gasteiger partial charge on any atom is -0.462 e. The fraction of sp³-hybridized carbons (Fsp3) is 0.902. The van der Waals surface area contributed by atoms with E-state index < -0.39 is 92.7 Å². The first-order valence-electron chi connectivity index (χ1n) is 21.3. The van der Waals surface area contributed by atoms with E-state index in [2.05, 4.69) is 19.1 Å². The van der Waals surface area contributed by atoms with Gasteiger partial charge in [0.25, 0.3) is 0 Å². The molecule has 0 spiro atoms. The molecule has 328 valence electrons. The topological polar surface area (TPSA) is 231 Å². The van der Waals surface area contributed by atoms with Gasteiger partial charge < -0.3 is 64.2 Å². The first-order chi connectivity index (χ1) is 27.0. The SMILES string of the molecule is CCCCCCCC/C=C\CCCCCCCCCCCC(=O)OC(COC(=O)CCC)COC1OC(COC2OC(CO)C(O)C(O)C2O)C(O)C(O)C1O. The molecule has 2 saturated heterocycles. The molecule has 56 heavy (non-hydrogen) atoms. The van der Waals surface area contributed by atoms with Crippen LogP contribution >= 0.6 is 0 Å². The van der Waals surface area contributed by atoms with E-state index in [1.165, 1.54) is 77.0 Å². The van der Waals surface area contributed by atoms with Crippen LogP contribution in [0, 0.1) is 0 Å². The van der Waals surface area contributed by atoms with Crippen molar-refractivity contribution in [3.8, 4) is 0 Å². The van der Waals surface area contributed by atoms with Crippen LogP contribution in [0.3, 0.4) is 0 Å². The summed E-state index contributed by atoms with van der Waals surface area (Å²) >= 11 is 0. The third kappa shape index (κ3) is 19.8. The number of carbonyl (C=O) groups is 2. The summed E-state index contributed by atoms with van der Waals surface area (Å²) in [6.07, 6.45) is 8.86. The lowest BCUT2D eigenvalue weighted by Crippen LogP contribution is -2.61. The van der Waals surface area contributed by atoms with Crippen molar-refractivity contribution in [2.75, 3.05) is 26.4 Å². The Morgan fingerprint density at radius 2 is 1.05 bits per heavy atom. The summed E-state index contributed by atoms with van der Waals surface area (Å²) in [6, 6.07) is 0. The zero-order valence-corrected chi connectivity index (χ0v) is 33.9. The van der Waals surface area contributed by atoms with E-state index in [4.69, 9.17) is 28.4 Å². The summed E-state index contributed by atoms with van der Waals surface area (Å²) in [5.74, 6) is -0.986. The molecule has 0 saturated carbocycles. The second-order valence-corrected chi connectivity index (χ2v) is 15.2. The Morgan fingerprint density at radius 3 is 1.61 bits per heavy atom. The van der Waals surface area contributed by atoms with Crippen molar-refractivity contribution in [3.63, 3.8) is 0 Å². The quantitative estimate of drug-likeness (QED) is 0.0302. The normalized spacial score (nSPS) is 28.7. The molecule has 2 fully saturated rings. The van der Waals surface area contributed by atoms with Crippen molar-refractivity contribution in [3.05, 3.63) is 12.2 Å². The lowest BCUT2D eigenvalue weighted by atomic mass is 9.98. The van der Waals surface area contributed by atoms with E-state index in [0.717, 1.165) is 25.7 Å². The van der Waals surface area contributed by atoms with Crippen LogP contribution in [0.5, 0.6) is 0 Å². The molecule has 0 aromatic carbocycles. The molecule has 0 aliphatic carbocycles. The molecule has 2 rings (SSSR count). The van der Waals surface area contributed by atoms with Crippen LogP contribution in [0.1, 0.15) is 142 Å². The maximum atomic E-state index is 12.7. The van der Waals surface area contributed by atoms with Gasteiger partial charge in [-0.05, 0) is 38.5 Å². The molecule has 0 aromatic heterocycles. The molecule has 15 heteroatoms. The Hall–Kier alpha value is -1.76. The maximum absolute atomic E-state index is 12.7. The molecule has 0 amide bonds. The number of hydrogen-bond acceptors (Lipinski definition) is 15. The Labute approximate surface area is 333 Å². The van der Waals surface area contributed by atoms with Crippen molar-refractivity contribution in [1.82, 2.24) is 0 Å². The molecule has 15 nitrogen and oxygen atoms in total. The van der Waals surface area contributed by atoms with E-state index in [1.54, 1.807) is 0 Å². The van der Waals surface area contributed by atoms with Gasteiger partial charge in [0, 0.05) is 12.8 Å². The molecule has 11 unspecified atom stereocenters. The predicted molar refractivity (Wildman–Crippen MR) is 206 cm³/mol. The Bertz CT molecular complexity index is 1040. The molecule has 2 aliphatic heterocycles. The number of rotatable bonds is 31. The average molecular weight is 807 g/mol. The van der Waals surface area contributed by atoms with Crippen LogP contribution in [0.4, 0.5) is 0 Å². The summed E-state index contributed by atoms with van der Waals surface area (Å²) in [5, 5.41) is 71.3. The van der Waals surface area contributed by atoms with Crippen LogP contribution in [-0.4, -0.2) is 142 Å². The molecule has 0 radical (unpaired) electrons. The minimum absolute atomic E-state index is 0.163. The lowest BCUT2D eigenvalue weighted by molar-refractivity contribution is -0.332. The van der Waals surface area contributed by atoms with E-state index in [1.807, 2.05) is 6.92 Å². The highest BCUT2D eigenvalue weighted by atomic mass is 16.7. The zero-order chi connectivity index (χ0) is 41.1. The van der Waals surface area contributed by atoms with Crippen LogP contribution in [0.25, 0.3) is 0 Å². The lowest BCUT2D eigenvalue weighted by Gasteiger charge is -2.42. The number of carbonyl (C=O) groups excluding carboxylic acids is 2. The number of aliphatic hydroxyl groups is 7. The first-order valence-corrected chi connectivity index (χ1v) is 21.3. The van der Waals surface area contributed by atoms with Crippen molar-refractivity contribution >= 4 is 11.9 Å². The number of unbranched alkanes of at least 4 members (excludes halogenated alkanes) is 15. The number of allylic oxidation sites excluding steroid dienone is 2. The monoisotopic (exact) mass is 807 g/mol. The van der Waals surface area contributed by atoms with E-state index in [-0.39, 0.29) is 26.1 Å². The summed E-state index contributed by atoms with van der Waals surface area (Å²) in [4.78, 5) is 24.8. The van der Waals surface area contributed by atoms with Gasteiger partial charge in [-0.25, -0.2) is 0 Å². The van der Waals surface area contributed by atoms with Gasteiger partial charge in [-0.1, -0.05) is 103 Å². The molecule has 0 aromatic rings. The van der Waals surface area contributed by atoms with E-state index in [0.29, 0.717) is 12.8 Å². The molecule has 7 N–H and O–H groups in total. The van der Waals surface area contributed by atoms with Gasteiger partial charge in [0.15, 0.2) is 18.7 Å². The highest BCUT2D eigenvalue weighted by Crippen LogP contribution is 2.26. The molecular weight excluding hydrogens is 732 g/mol. The molecule has 2 aliphatic rings. The van der Waals surface area contributed by atoms with Gasteiger partial charge in [-0.2, -0.15) is 0 Å². The molecule has 11 atom stereocenters. The second kappa shape index (κ2) is 30.3.